The van der Waals surface area contributed by atoms with Crippen LogP contribution in [0.5, 0.6) is 0 Å². The molecule has 0 radical (unpaired) electrons. The molecule has 1 atom stereocenters. The molecule has 5 nitrogen and oxygen atoms in total. The molecule has 3 N–H and O–H groups in total. The Morgan fingerprint density at radius 1 is 1.35 bits per heavy atom. The van der Waals surface area contributed by atoms with E-state index < -0.39 is 6.04 Å². The zero-order chi connectivity index (χ0) is 14.5. The van der Waals surface area contributed by atoms with Crippen LogP contribution in [0.2, 0.25) is 0 Å². The van der Waals surface area contributed by atoms with E-state index in [0.717, 1.165) is 11.3 Å². The predicted molar refractivity (Wildman–Crippen MR) is 79.2 cm³/mol. The monoisotopic (exact) mass is 272 g/mol. The van der Waals surface area contributed by atoms with Crippen molar-refractivity contribution in [2.75, 3.05) is 5.32 Å². The summed E-state index contributed by atoms with van der Waals surface area (Å²) in [6, 6.07) is 9.05. The van der Waals surface area contributed by atoms with Gasteiger partial charge < -0.3 is 11.1 Å². The van der Waals surface area contributed by atoms with E-state index in [1.807, 2.05) is 55.1 Å². The Bertz CT molecular complexity index is 563. The number of hydrogen-bond acceptors (Lipinski definition) is 3. The minimum atomic E-state index is -0.507. The summed E-state index contributed by atoms with van der Waals surface area (Å²) in [6.07, 6.45) is 3.62. The first-order valence-electron chi connectivity index (χ1n) is 6.69. The average Bonchev–Trinajstić information content (AvgIpc) is 2.92. The number of nitrogens with zero attached hydrogens (tertiary/aromatic N) is 2. The topological polar surface area (TPSA) is 72.9 Å². The highest BCUT2D eigenvalue weighted by molar-refractivity contribution is 5.95. The first-order chi connectivity index (χ1) is 9.58. The summed E-state index contributed by atoms with van der Waals surface area (Å²) >= 11 is 0. The summed E-state index contributed by atoms with van der Waals surface area (Å²) in [5.74, 6) is -0.0545. The third-order valence-electron chi connectivity index (χ3n) is 3.19. The van der Waals surface area contributed by atoms with Gasteiger partial charge in [-0.3, -0.25) is 9.48 Å². The van der Waals surface area contributed by atoms with Crippen LogP contribution in [-0.4, -0.2) is 21.7 Å². The molecule has 2 rings (SSSR count). The lowest BCUT2D eigenvalue weighted by Gasteiger charge is -2.17. The quantitative estimate of drug-likeness (QED) is 0.872. The van der Waals surface area contributed by atoms with Crippen molar-refractivity contribution in [1.82, 2.24) is 9.78 Å². The highest BCUT2D eigenvalue weighted by atomic mass is 16.2. The van der Waals surface area contributed by atoms with Crippen molar-refractivity contribution >= 4 is 11.6 Å². The molecule has 0 spiro atoms. The van der Waals surface area contributed by atoms with E-state index in [9.17, 15) is 4.79 Å². The number of carbonyl (C=O) groups excluding carboxylic acids is 1. The van der Waals surface area contributed by atoms with Gasteiger partial charge in [0.25, 0.3) is 0 Å². The maximum Gasteiger partial charge on any atom is 0.241 e. The molecule has 2 aromatic rings. The number of benzene rings is 1. The number of nitrogens with one attached hydrogen (secondary N) is 1. The van der Waals surface area contributed by atoms with Crippen LogP contribution in [0.25, 0.3) is 0 Å². The van der Waals surface area contributed by atoms with E-state index in [2.05, 4.69) is 10.4 Å². The molecule has 20 heavy (non-hydrogen) atoms. The standard InChI is InChI=1S/C15H20N4O/c1-11(2)14(16)15(20)18-13-7-4-3-6-12(13)10-19-9-5-8-17-19/h3-9,11,14H,10,16H2,1-2H3,(H,18,20)/t14-/m1/s1. The summed E-state index contributed by atoms with van der Waals surface area (Å²) < 4.78 is 1.81. The number of carbonyl (C=O) groups is 1. The van der Waals surface area contributed by atoms with Crippen LogP contribution in [0.3, 0.4) is 0 Å². The van der Waals surface area contributed by atoms with E-state index in [4.69, 9.17) is 5.73 Å². The van der Waals surface area contributed by atoms with Crippen LogP contribution in [0.4, 0.5) is 5.69 Å². The minimum absolute atomic E-state index is 0.105. The molecule has 106 valence electrons. The van der Waals surface area contributed by atoms with Crippen molar-refractivity contribution in [3.05, 3.63) is 48.3 Å². The first kappa shape index (κ1) is 14.3. The molecular weight excluding hydrogens is 252 g/mol. The number of para-hydroxylation sites is 1. The van der Waals surface area contributed by atoms with Gasteiger partial charge in [0, 0.05) is 18.1 Å². The molecule has 0 saturated carbocycles. The lowest BCUT2D eigenvalue weighted by Crippen LogP contribution is -2.39. The zero-order valence-electron chi connectivity index (χ0n) is 11.8. The molecule has 0 saturated heterocycles. The maximum atomic E-state index is 12.1. The number of aromatic nitrogens is 2. The Hall–Kier alpha value is -2.14. The molecule has 1 amide bonds. The number of nitrogens with two attached hydrogens (primary N) is 1. The van der Waals surface area contributed by atoms with Crippen LogP contribution >= 0.6 is 0 Å². The minimum Gasteiger partial charge on any atom is -0.324 e. The second kappa shape index (κ2) is 6.34. The van der Waals surface area contributed by atoms with Crippen molar-refractivity contribution in [2.45, 2.75) is 26.4 Å². The fraction of sp³-hybridized carbons (Fsp3) is 0.333. The van der Waals surface area contributed by atoms with Crippen molar-refractivity contribution in [1.29, 1.82) is 0 Å². The Labute approximate surface area is 118 Å². The van der Waals surface area contributed by atoms with Crippen LogP contribution < -0.4 is 11.1 Å². The maximum absolute atomic E-state index is 12.1. The molecule has 0 unspecified atom stereocenters. The van der Waals surface area contributed by atoms with Crippen LogP contribution in [0, 0.1) is 5.92 Å². The van der Waals surface area contributed by atoms with Crippen molar-refractivity contribution in [3.8, 4) is 0 Å². The largest absolute Gasteiger partial charge is 0.324 e. The van der Waals surface area contributed by atoms with Gasteiger partial charge in [-0.05, 0) is 23.6 Å². The van der Waals surface area contributed by atoms with Gasteiger partial charge in [-0.25, -0.2) is 0 Å². The number of amides is 1. The second-order valence-electron chi connectivity index (χ2n) is 5.12. The molecular formula is C15H20N4O. The van der Waals surface area contributed by atoms with Crippen LogP contribution in [-0.2, 0) is 11.3 Å². The van der Waals surface area contributed by atoms with E-state index in [0.29, 0.717) is 6.54 Å². The summed E-state index contributed by atoms with van der Waals surface area (Å²) in [6.45, 7) is 4.47. The fourth-order valence-electron chi connectivity index (χ4n) is 1.87. The zero-order valence-corrected chi connectivity index (χ0v) is 11.8. The highest BCUT2D eigenvalue weighted by Crippen LogP contribution is 2.17. The van der Waals surface area contributed by atoms with E-state index >= 15 is 0 Å². The molecule has 5 heteroatoms. The Balaban J connectivity index is 2.14. The first-order valence-corrected chi connectivity index (χ1v) is 6.69. The van der Waals surface area contributed by atoms with Gasteiger partial charge in [-0.1, -0.05) is 32.0 Å². The Morgan fingerprint density at radius 2 is 2.10 bits per heavy atom. The molecule has 0 aliphatic heterocycles. The van der Waals surface area contributed by atoms with E-state index in [1.165, 1.54) is 0 Å². The van der Waals surface area contributed by atoms with Crippen molar-refractivity contribution in [3.63, 3.8) is 0 Å². The lowest BCUT2D eigenvalue weighted by molar-refractivity contribution is -0.118. The predicted octanol–water partition coefficient (Wildman–Crippen LogP) is 1.85. The lowest BCUT2D eigenvalue weighted by atomic mass is 10.0. The fourth-order valence-corrected chi connectivity index (χ4v) is 1.87. The summed E-state index contributed by atoms with van der Waals surface area (Å²) in [5.41, 5.74) is 7.65. The second-order valence-corrected chi connectivity index (χ2v) is 5.12. The Kier molecular flexibility index (Phi) is 4.53. The normalized spacial score (nSPS) is 12.4. The number of rotatable bonds is 5. The third-order valence-corrected chi connectivity index (χ3v) is 3.19. The molecule has 1 aromatic heterocycles. The molecule has 0 aliphatic rings. The van der Waals surface area contributed by atoms with Gasteiger partial charge in [0.1, 0.15) is 0 Å². The van der Waals surface area contributed by atoms with Gasteiger partial charge >= 0.3 is 0 Å². The van der Waals surface area contributed by atoms with Gasteiger partial charge in [0.05, 0.1) is 12.6 Å². The number of anilines is 1. The smallest absolute Gasteiger partial charge is 0.241 e. The van der Waals surface area contributed by atoms with Gasteiger partial charge in [-0.2, -0.15) is 5.10 Å². The average molecular weight is 272 g/mol. The van der Waals surface area contributed by atoms with Gasteiger partial charge in [0.15, 0.2) is 0 Å². The highest BCUT2D eigenvalue weighted by Gasteiger charge is 2.18. The summed E-state index contributed by atoms with van der Waals surface area (Å²) in [5, 5.41) is 7.07. The van der Waals surface area contributed by atoms with Crippen LogP contribution in [0.15, 0.2) is 42.7 Å². The van der Waals surface area contributed by atoms with Crippen molar-refractivity contribution < 1.29 is 4.79 Å². The molecule has 0 bridgehead atoms. The SMILES string of the molecule is CC(C)[C@@H](N)C(=O)Nc1ccccc1Cn1cccn1. The summed E-state index contributed by atoms with van der Waals surface area (Å²) in [4.78, 5) is 12.1. The number of hydrogen-bond donors (Lipinski definition) is 2. The van der Waals surface area contributed by atoms with Crippen LogP contribution in [0.1, 0.15) is 19.4 Å². The van der Waals surface area contributed by atoms with Gasteiger partial charge in [0.2, 0.25) is 5.91 Å². The summed E-state index contributed by atoms with van der Waals surface area (Å²) in [7, 11) is 0. The molecule has 0 aliphatic carbocycles. The Morgan fingerprint density at radius 3 is 2.75 bits per heavy atom. The third kappa shape index (κ3) is 3.45. The molecule has 1 heterocycles. The molecule has 1 aromatic carbocycles. The van der Waals surface area contributed by atoms with E-state index in [-0.39, 0.29) is 11.8 Å². The van der Waals surface area contributed by atoms with E-state index in [1.54, 1.807) is 6.20 Å². The molecule has 0 fully saturated rings. The van der Waals surface area contributed by atoms with Gasteiger partial charge in [-0.15, -0.1) is 0 Å². The van der Waals surface area contributed by atoms with Crippen molar-refractivity contribution in [2.24, 2.45) is 11.7 Å².